The first-order valence-corrected chi connectivity index (χ1v) is 20.8. The Morgan fingerprint density at radius 2 is 0.619 bits per heavy atom. The molecule has 0 amide bonds. The third kappa shape index (κ3) is 15.3. The van der Waals surface area contributed by atoms with Crippen LogP contribution in [-0.4, -0.2) is 37.7 Å². The molecule has 0 spiro atoms. The summed E-state index contributed by atoms with van der Waals surface area (Å²) < 4.78 is 22.3. The van der Waals surface area contributed by atoms with Gasteiger partial charge in [-0.25, -0.2) is 9.59 Å². The molecule has 0 aliphatic heterocycles. The smallest absolute Gasteiger partial charge is 0.343 e. The van der Waals surface area contributed by atoms with Crippen molar-refractivity contribution in [3.63, 3.8) is 0 Å². The third-order valence-electron chi connectivity index (χ3n) is 9.52. The number of benzene rings is 6. The molecule has 0 aliphatic carbocycles. The van der Waals surface area contributed by atoms with E-state index in [0.717, 1.165) is 73.6 Å². The zero-order chi connectivity index (χ0) is 47.0. The molecule has 6 aromatic carbocycles. The number of aryl methyl sites for hydroxylation is 8. The highest BCUT2D eigenvalue weighted by Crippen LogP contribution is 2.35. The second-order valence-electron chi connectivity index (χ2n) is 15.9. The van der Waals surface area contributed by atoms with Gasteiger partial charge >= 0.3 is 11.9 Å². The van der Waals surface area contributed by atoms with E-state index in [2.05, 4.69) is 62.4 Å². The summed E-state index contributed by atoms with van der Waals surface area (Å²) in [5.74, 6) is 2.78. The Balaban J connectivity index is 0.000000287. The van der Waals surface area contributed by atoms with Gasteiger partial charge in [-0.2, -0.15) is 0 Å². The van der Waals surface area contributed by atoms with Crippen LogP contribution in [0.1, 0.15) is 104 Å². The fourth-order valence-corrected chi connectivity index (χ4v) is 7.17. The van der Waals surface area contributed by atoms with Gasteiger partial charge in [-0.1, -0.05) is 60.7 Å². The maximum absolute atomic E-state index is 12.4. The van der Waals surface area contributed by atoms with E-state index in [4.69, 9.17) is 18.9 Å². The molecule has 330 valence electrons. The van der Waals surface area contributed by atoms with Crippen LogP contribution in [0.25, 0.3) is 11.1 Å². The molecule has 0 atom stereocenters. The Morgan fingerprint density at radius 1 is 0.381 bits per heavy atom. The lowest BCUT2D eigenvalue weighted by Crippen LogP contribution is -2.10. The van der Waals surface area contributed by atoms with Crippen molar-refractivity contribution in [2.24, 2.45) is 0 Å². The Morgan fingerprint density at radius 3 is 0.889 bits per heavy atom. The number of ketones is 2. The molecule has 0 fully saturated rings. The summed E-state index contributed by atoms with van der Waals surface area (Å²) in [6, 6.07) is 35.0. The molecule has 63 heavy (non-hydrogen) atoms. The molecule has 0 N–H and O–H groups in total. The first-order valence-electron chi connectivity index (χ1n) is 20.8. The SMILES string of the molecule is CC(C)=O.CC(C)=O.COc1c(C)cc(-c2cc(C)c(OC(=O)c3ccccc3)c(C)c2)cc1C.COc1c(C)cc(Cc2cc(C)c(OC(=O)c3ccccc3)c(C)c2)cc1C. The van der Waals surface area contributed by atoms with E-state index in [1.807, 2.05) is 77.9 Å². The average molecular weight is 851 g/mol. The highest BCUT2D eigenvalue weighted by Gasteiger charge is 2.16. The standard InChI is InChI=1S/C25H26O3.C24H24O3.2C3H6O/c1-16-11-20(12-17(2)23(16)27-5)15-21-13-18(3)24(19(4)14-21)28-25(26)22-9-7-6-8-10-22;1-15-11-20(12-16(2)22(15)26-5)21-13-17(3)23(18(4)14-21)27-24(25)19-9-7-6-8-10-19;2*1-3(2)4/h6-14H,15H2,1-5H3;6-14H,1-5H3;2*1-2H3. The molecular formula is C55H62O8. The quantitative estimate of drug-likeness (QED) is 0.105. The summed E-state index contributed by atoms with van der Waals surface area (Å²) >= 11 is 0. The maximum atomic E-state index is 12.4. The number of esters is 2. The van der Waals surface area contributed by atoms with E-state index in [-0.39, 0.29) is 23.5 Å². The lowest BCUT2D eigenvalue weighted by atomic mass is 9.96. The number of hydrogen-bond donors (Lipinski definition) is 0. The molecule has 8 heteroatoms. The van der Waals surface area contributed by atoms with Crippen molar-refractivity contribution in [2.45, 2.75) is 89.5 Å². The van der Waals surface area contributed by atoms with Crippen LogP contribution in [0.2, 0.25) is 0 Å². The molecule has 0 unspecified atom stereocenters. The molecule has 6 aromatic rings. The van der Waals surface area contributed by atoms with Crippen molar-refractivity contribution >= 4 is 23.5 Å². The van der Waals surface area contributed by atoms with E-state index >= 15 is 0 Å². The van der Waals surface area contributed by atoms with Gasteiger partial charge in [0.05, 0.1) is 25.3 Å². The Hall–Kier alpha value is -6.80. The minimum Gasteiger partial charge on any atom is -0.496 e. The number of methoxy groups -OCH3 is 2. The van der Waals surface area contributed by atoms with Crippen molar-refractivity contribution in [3.8, 4) is 34.1 Å². The number of carbonyl (C=O) groups excluding carboxylic acids is 4. The molecule has 0 aromatic heterocycles. The Kier molecular flexibility index (Phi) is 19.3. The summed E-state index contributed by atoms with van der Waals surface area (Å²) in [4.78, 5) is 43.7. The number of Topliss-reactive ketones (excluding diaryl/α,β-unsaturated/α-hetero) is 2. The fraction of sp³-hybridized carbons (Fsp3) is 0.273. The van der Waals surface area contributed by atoms with Gasteiger partial charge in [0.15, 0.2) is 0 Å². The van der Waals surface area contributed by atoms with Gasteiger partial charge < -0.3 is 28.5 Å². The van der Waals surface area contributed by atoms with Gasteiger partial charge in [0.1, 0.15) is 34.6 Å². The van der Waals surface area contributed by atoms with Crippen molar-refractivity contribution in [2.75, 3.05) is 14.2 Å². The normalized spacial score (nSPS) is 10.1. The number of rotatable bonds is 9. The molecule has 0 bridgehead atoms. The second-order valence-corrected chi connectivity index (χ2v) is 15.9. The molecule has 0 heterocycles. The molecule has 0 radical (unpaired) electrons. The lowest BCUT2D eigenvalue weighted by Gasteiger charge is -2.15. The van der Waals surface area contributed by atoms with E-state index in [0.29, 0.717) is 22.6 Å². The summed E-state index contributed by atoms with van der Waals surface area (Å²) in [5.41, 5.74) is 14.0. The highest BCUT2D eigenvalue weighted by atomic mass is 16.5. The molecule has 6 rings (SSSR count). The first kappa shape index (κ1) is 50.6. The van der Waals surface area contributed by atoms with Crippen LogP contribution in [0, 0.1) is 55.4 Å². The molecular weight excluding hydrogens is 789 g/mol. The van der Waals surface area contributed by atoms with Gasteiger partial charge in [0, 0.05) is 0 Å². The van der Waals surface area contributed by atoms with E-state index < -0.39 is 0 Å². The van der Waals surface area contributed by atoms with Crippen molar-refractivity contribution < 1.29 is 38.1 Å². The average Bonchev–Trinajstić information content (AvgIpc) is 3.20. The third-order valence-corrected chi connectivity index (χ3v) is 9.52. The molecule has 0 aliphatic rings. The topological polar surface area (TPSA) is 105 Å². The van der Waals surface area contributed by atoms with Gasteiger partial charge in [-0.3, -0.25) is 0 Å². The lowest BCUT2D eigenvalue weighted by molar-refractivity contribution is -0.115. The second kappa shape index (κ2) is 24.0. The summed E-state index contributed by atoms with van der Waals surface area (Å²) in [6.07, 6.45) is 0.820. The van der Waals surface area contributed by atoms with E-state index in [9.17, 15) is 19.2 Å². The van der Waals surface area contributed by atoms with E-state index in [1.54, 1.807) is 38.5 Å². The maximum Gasteiger partial charge on any atom is 0.343 e. The van der Waals surface area contributed by atoms with Crippen LogP contribution in [0.5, 0.6) is 23.0 Å². The minimum atomic E-state index is -0.342. The van der Waals surface area contributed by atoms with Crippen LogP contribution < -0.4 is 18.9 Å². The van der Waals surface area contributed by atoms with E-state index in [1.165, 1.54) is 38.8 Å². The van der Waals surface area contributed by atoms with Crippen LogP contribution in [0.15, 0.2) is 109 Å². The van der Waals surface area contributed by atoms with Crippen LogP contribution >= 0.6 is 0 Å². The van der Waals surface area contributed by atoms with Gasteiger partial charge in [-0.05, 0) is 205 Å². The number of carbonyl (C=O) groups is 4. The fourth-order valence-electron chi connectivity index (χ4n) is 7.17. The zero-order valence-electron chi connectivity index (χ0n) is 39.4. The summed E-state index contributed by atoms with van der Waals surface area (Å²) in [5, 5.41) is 0. The molecule has 0 saturated heterocycles. The van der Waals surface area contributed by atoms with Crippen molar-refractivity contribution in [3.05, 3.63) is 176 Å². The van der Waals surface area contributed by atoms with Gasteiger partial charge in [-0.15, -0.1) is 0 Å². The Labute approximate surface area is 374 Å². The monoisotopic (exact) mass is 850 g/mol. The highest BCUT2D eigenvalue weighted by molar-refractivity contribution is 5.92. The first-order chi connectivity index (χ1) is 29.7. The van der Waals surface area contributed by atoms with Crippen LogP contribution in [0.3, 0.4) is 0 Å². The number of hydrogen-bond acceptors (Lipinski definition) is 8. The minimum absolute atomic E-state index is 0.167. The van der Waals surface area contributed by atoms with Crippen molar-refractivity contribution in [1.29, 1.82) is 0 Å². The molecule has 0 saturated carbocycles. The van der Waals surface area contributed by atoms with Gasteiger partial charge in [0.25, 0.3) is 0 Å². The largest absolute Gasteiger partial charge is 0.496 e. The van der Waals surface area contributed by atoms with Crippen LogP contribution in [-0.2, 0) is 16.0 Å². The summed E-state index contributed by atoms with van der Waals surface area (Å²) in [7, 11) is 3.40. The number of ether oxygens (including phenoxy) is 4. The van der Waals surface area contributed by atoms with Gasteiger partial charge in [0.2, 0.25) is 0 Å². The predicted octanol–water partition coefficient (Wildman–Crippen LogP) is 12.7. The Bertz CT molecular complexity index is 2420. The van der Waals surface area contributed by atoms with Crippen LogP contribution in [0.4, 0.5) is 0 Å². The predicted molar refractivity (Wildman–Crippen MR) is 254 cm³/mol. The summed E-state index contributed by atoms with van der Waals surface area (Å²) in [6.45, 7) is 22.2. The molecule has 8 nitrogen and oxygen atoms in total. The zero-order valence-corrected chi connectivity index (χ0v) is 39.4. The van der Waals surface area contributed by atoms with Crippen molar-refractivity contribution in [1.82, 2.24) is 0 Å².